The van der Waals surface area contributed by atoms with Crippen molar-refractivity contribution in [3.05, 3.63) is 64.8 Å². The molecule has 4 atom stereocenters. The van der Waals surface area contributed by atoms with Crippen molar-refractivity contribution in [2.45, 2.75) is 45.7 Å². The van der Waals surface area contributed by atoms with Crippen molar-refractivity contribution in [2.24, 2.45) is 23.2 Å². The van der Waals surface area contributed by atoms with Crippen LogP contribution in [0.3, 0.4) is 0 Å². The first-order valence-corrected chi connectivity index (χ1v) is 11.7. The minimum absolute atomic E-state index is 0.179. The van der Waals surface area contributed by atoms with Crippen LogP contribution >= 0.6 is 0 Å². The number of aromatic nitrogens is 2. The second-order valence-corrected chi connectivity index (χ2v) is 9.73. The molecule has 34 heavy (non-hydrogen) atoms. The normalized spacial score (nSPS) is 28.2. The van der Waals surface area contributed by atoms with E-state index >= 15 is 0 Å². The van der Waals surface area contributed by atoms with Crippen LogP contribution in [-0.4, -0.2) is 28.4 Å². The standard InChI is InChI=1S/C26H27F4N3O/c1-3-31-24(34)23-19-9-4-16-12-22-15(14-32-33(22)18-7-5-17(27)6-8-18)13-25(16,2)20(19)10-11-21(23)26(28,29)30/h5-8,10,12,14,19,21,23H,3-4,9,11,13H2,1-2H3,(H,31,34)/t19?,21-,23-,25+/m1/s1. The van der Waals surface area contributed by atoms with Gasteiger partial charge in [0, 0.05) is 12.0 Å². The Bertz CT molecular complexity index is 1180. The molecule has 0 bridgehead atoms. The topological polar surface area (TPSA) is 46.9 Å². The van der Waals surface area contributed by atoms with Gasteiger partial charge in [0.1, 0.15) is 5.82 Å². The summed E-state index contributed by atoms with van der Waals surface area (Å²) < 4.78 is 56.9. The van der Waals surface area contributed by atoms with E-state index in [9.17, 15) is 22.4 Å². The van der Waals surface area contributed by atoms with E-state index in [4.69, 9.17) is 0 Å². The number of rotatable bonds is 3. The van der Waals surface area contributed by atoms with Gasteiger partial charge in [-0.15, -0.1) is 0 Å². The van der Waals surface area contributed by atoms with Crippen molar-refractivity contribution in [1.82, 2.24) is 15.1 Å². The number of halogens is 4. The third-order valence-electron chi connectivity index (χ3n) is 7.82. The molecule has 2 aromatic rings. The molecule has 0 spiro atoms. The number of hydrogen-bond donors (Lipinski definition) is 1. The molecule has 3 aliphatic carbocycles. The molecule has 1 amide bonds. The maximum atomic E-state index is 13.9. The van der Waals surface area contributed by atoms with Crippen LogP contribution in [0.4, 0.5) is 17.6 Å². The van der Waals surface area contributed by atoms with E-state index in [0.29, 0.717) is 25.8 Å². The van der Waals surface area contributed by atoms with Crippen LogP contribution in [0.5, 0.6) is 0 Å². The average Bonchev–Trinajstić information content (AvgIpc) is 3.18. The maximum Gasteiger partial charge on any atom is 0.392 e. The first kappa shape index (κ1) is 22.9. The number of alkyl halides is 3. The number of nitrogens with zero attached hydrogens (tertiary/aromatic N) is 2. The van der Waals surface area contributed by atoms with Gasteiger partial charge < -0.3 is 5.32 Å². The van der Waals surface area contributed by atoms with Crippen LogP contribution in [0.25, 0.3) is 11.8 Å². The molecule has 180 valence electrons. The van der Waals surface area contributed by atoms with Gasteiger partial charge in [0.05, 0.1) is 29.4 Å². The average molecular weight is 474 g/mol. The number of hydrogen-bond acceptors (Lipinski definition) is 2. The largest absolute Gasteiger partial charge is 0.392 e. The molecule has 0 aliphatic heterocycles. The molecule has 1 aromatic heterocycles. The summed E-state index contributed by atoms with van der Waals surface area (Å²) in [5.41, 5.74) is 4.30. The molecule has 0 saturated heterocycles. The number of fused-ring (bicyclic) bond motifs is 4. The lowest BCUT2D eigenvalue weighted by atomic mass is 9.54. The molecule has 1 N–H and O–H groups in total. The first-order valence-electron chi connectivity index (χ1n) is 11.7. The van der Waals surface area contributed by atoms with E-state index in [1.165, 1.54) is 12.1 Å². The smallest absolute Gasteiger partial charge is 0.356 e. The van der Waals surface area contributed by atoms with Gasteiger partial charge in [-0.3, -0.25) is 4.79 Å². The summed E-state index contributed by atoms with van der Waals surface area (Å²) in [6.45, 7) is 4.11. The van der Waals surface area contributed by atoms with Crippen LogP contribution in [0.2, 0.25) is 0 Å². The van der Waals surface area contributed by atoms with Crippen molar-refractivity contribution in [3.8, 4) is 5.69 Å². The van der Waals surface area contributed by atoms with Crippen LogP contribution in [-0.2, 0) is 11.2 Å². The van der Waals surface area contributed by atoms with Gasteiger partial charge in [-0.05, 0) is 74.4 Å². The molecule has 1 aromatic carbocycles. The quantitative estimate of drug-likeness (QED) is 0.464. The van der Waals surface area contributed by atoms with E-state index < -0.39 is 35.3 Å². The summed E-state index contributed by atoms with van der Waals surface area (Å²) in [6.07, 6.45) is 2.74. The summed E-state index contributed by atoms with van der Waals surface area (Å²) in [7, 11) is 0. The monoisotopic (exact) mass is 473 g/mol. The first-order chi connectivity index (χ1) is 16.1. The minimum Gasteiger partial charge on any atom is -0.356 e. The molecule has 3 aliphatic rings. The lowest BCUT2D eigenvalue weighted by Crippen LogP contribution is -2.50. The van der Waals surface area contributed by atoms with E-state index in [1.807, 2.05) is 0 Å². The number of carbonyl (C=O) groups is 1. The Hall–Kier alpha value is -2.90. The maximum absolute atomic E-state index is 13.9. The highest BCUT2D eigenvalue weighted by Gasteiger charge is 2.56. The van der Waals surface area contributed by atoms with Crippen molar-refractivity contribution >= 4 is 12.0 Å². The second kappa shape index (κ2) is 8.10. The zero-order valence-electron chi connectivity index (χ0n) is 19.1. The summed E-state index contributed by atoms with van der Waals surface area (Å²) in [5.74, 6) is -4.04. The summed E-state index contributed by atoms with van der Waals surface area (Å²) >= 11 is 0. The summed E-state index contributed by atoms with van der Waals surface area (Å²) in [5, 5.41) is 7.18. The van der Waals surface area contributed by atoms with E-state index in [-0.39, 0.29) is 12.2 Å². The van der Waals surface area contributed by atoms with Crippen molar-refractivity contribution in [3.63, 3.8) is 0 Å². The molecule has 1 heterocycles. The third kappa shape index (κ3) is 3.58. The Kier molecular flexibility index (Phi) is 5.45. The third-order valence-corrected chi connectivity index (χ3v) is 7.82. The number of carbonyl (C=O) groups excluding carboxylic acids is 1. The predicted octanol–water partition coefficient (Wildman–Crippen LogP) is 5.63. The minimum atomic E-state index is -4.43. The Balaban J connectivity index is 1.54. The number of nitrogens with one attached hydrogen (secondary N) is 1. The van der Waals surface area contributed by atoms with Gasteiger partial charge in [-0.25, -0.2) is 9.07 Å². The molecular weight excluding hydrogens is 446 g/mol. The highest BCUT2D eigenvalue weighted by molar-refractivity contribution is 5.80. The van der Waals surface area contributed by atoms with Gasteiger partial charge in [0.25, 0.3) is 0 Å². The van der Waals surface area contributed by atoms with Crippen molar-refractivity contribution < 1.29 is 22.4 Å². The summed E-state index contributed by atoms with van der Waals surface area (Å²) in [4.78, 5) is 12.9. The Labute approximate surface area is 195 Å². The van der Waals surface area contributed by atoms with Gasteiger partial charge in [-0.2, -0.15) is 18.3 Å². The predicted molar refractivity (Wildman–Crippen MR) is 120 cm³/mol. The van der Waals surface area contributed by atoms with E-state index in [1.54, 1.807) is 36.0 Å². The molecule has 5 rings (SSSR count). The van der Waals surface area contributed by atoms with E-state index in [0.717, 1.165) is 28.1 Å². The lowest BCUT2D eigenvalue weighted by Gasteiger charge is -2.50. The fraction of sp³-hybridized carbons (Fsp3) is 0.462. The van der Waals surface area contributed by atoms with Crippen molar-refractivity contribution in [2.75, 3.05) is 6.54 Å². The SMILES string of the molecule is CCNC(=O)[C@@H]1C2CCC3=Cc4c(cnn4-c4ccc(F)cc4)C[C@]3(C)C2=CC[C@H]1C(F)(F)F. The van der Waals surface area contributed by atoms with Crippen LogP contribution in [0.1, 0.15) is 44.4 Å². The molecule has 1 fully saturated rings. The summed E-state index contributed by atoms with van der Waals surface area (Å²) in [6, 6.07) is 6.12. The Morgan fingerprint density at radius 2 is 2.00 bits per heavy atom. The highest BCUT2D eigenvalue weighted by atomic mass is 19.4. The zero-order chi connectivity index (χ0) is 24.3. The molecular formula is C26H27F4N3O. The Morgan fingerprint density at radius 3 is 2.68 bits per heavy atom. The van der Waals surface area contributed by atoms with Gasteiger partial charge in [0.2, 0.25) is 5.91 Å². The molecule has 4 nitrogen and oxygen atoms in total. The molecule has 1 unspecified atom stereocenters. The highest BCUT2D eigenvalue weighted by Crippen LogP contribution is 2.58. The van der Waals surface area contributed by atoms with Crippen molar-refractivity contribution in [1.29, 1.82) is 0 Å². The van der Waals surface area contributed by atoms with Gasteiger partial charge in [-0.1, -0.05) is 24.1 Å². The van der Waals surface area contributed by atoms with E-state index in [2.05, 4.69) is 23.4 Å². The van der Waals surface area contributed by atoms with Crippen LogP contribution < -0.4 is 5.32 Å². The van der Waals surface area contributed by atoms with Gasteiger partial charge in [0.15, 0.2) is 0 Å². The lowest BCUT2D eigenvalue weighted by molar-refractivity contribution is -0.197. The van der Waals surface area contributed by atoms with Crippen LogP contribution in [0, 0.1) is 29.0 Å². The second-order valence-electron chi connectivity index (χ2n) is 9.73. The zero-order valence-corrected chi connectivity index (χ0v) is 19.1. The number of allylic oxidation sites excluding steroid dienone is 3. The number of amides is 1. The van der Waals surface area contributed by atoms with Crippen LogP contribution in [0.15, 0.2) is 47.7 Å². The number of benzene rings is 1. The molecule has 8 heteroatoms. The van der Waals surface area contributed by atoms with Gasteiger partial charge >= 0.3 is 6.18 Å². The fourth-order valence-electron chi connectivity index (χ4n) is 6.23. The fourth-order valence-corrected chi connectivity index (χ4v) is 6.23. The Morgan fingerprint density at radius 1 is 1.26 bits per heavy atom. The molecule has 0 radical (unpaired) electrons. The molecule has 1 saturated carbocycles.